The van der Waals surface area contributed by atoms with Crippen LogP contribution >= 0.6 is 0 Å². The Hall–Kier alpha value is -3.85. The Morgan fingerprint density at radius 2 is 1.78 bits per heavy atom. The van der Waals surface area contributed by atoms with E-state index in [1.807, 2.05) is 13.8 Å². The lowest BCUT2D eigenvalue weighted by atomic mass is 10.1. The highest BCUT2D eigenvalue weighted by molar-refractivity contribution is 6.06. The molecule has 0 saturated carbocycles. The van der Waals surface area contributed by atoms with E-state index < -0.39 is 11.9 Å². The minimum atomic E-state index is -0.760. The summed E-state index contributed by atoms with van der Waals surface area (Å²) in [7, 11) is 1.49. The standard InChI is InChI=1S/C23H27N3O6/c1-4-26(5-2)22(28)15-31-19-12-10-16(14-20(19)30-3)11-13-21(27)25-18-9-7-6-8-17(18)23(29)32-24/h6-14H,4-5,15,24H2,1-3H3,(H,25,27)/b13-11+. The van der Waals surface area contributed by atoms with E-state index in [1.54, 1.807) is 47.4 Å². The van der Waals surface area contributed by atoms with E-state index in [1.165, 1.54) is 19.3 Å². The minimum absolute atomic E-state index is 0.0969. The van der Waals surface area contributed by atoms with Gasteiger partial charge in [-0.15, -0.1) is 0 Å². The van der Waals surface area contributed by atoms with E-state index in [9.17, 15) is 14.4 Å². The zero-order chi connectivity index (χ0) is 23.5. The van der Waals surface area contributed by atoms with Crippen LogP contribution in [0.3, 0.4) is 0 Å². The van der Waals surface area contributed by atoms with Gasteiger partial charge in [0, 0.05) is 19.2 Å². The van der Waals surface area contributed by atoms with Crippen molar-refractivity contribution in [2.75, 3.05) is 32.1 Å². The highest BCUT2D eigenvalue weighted by atomic mass is 16.7. The van der Waals surface area contributed by atoms with Crippen molar-refractivity contribution >= 4 is 29.5 Å². The summed E-state index contributed by atoms with van der Waals surface area (Å²) in [5, 5.41) is 2.61. The molecule has 2 amide bonds. The van der Waals surface area contributed by atoms with Crippen LogP contribution in [-0.2, 0) is 14.4 Å². The number of likely N-dealkylation sites (N-methyl/N-ethyl adjacent to an activating group) is 1. The van der Waals surface area contributed by atoms with Gasteiger partial charge in [-0.25, -0.2) is 4.79 Å². The molecule has 0 radical (unpaired) electrons. The van der Waals surface area contributed by atoms with Crippen molar-refractivity contribution in [3.8, 4) is 11.5 Å². The number of nitrogens with two attached hydrogens (primary N) is 1. The van der Waals surface area contributed by atoms with Crippen LogP contribution in [0.15, 0.2) is 48.5 Å². The van der Waals surface area contributed by atoms with E-state index in [4.69, 9.17) is 15.4 Å². The Labute approximate surface area is 186 Å². The van der Waals surface area contributed by atoms with E-state index in [-0.39, 0.29) is 23.8 Å². The predicted octanol–water partition coefficient (Wildman–Crippen LogP) is 2.62. The second-order valence-electron chi connectivity index (χ2n) is 6.54. The number of anilines is 1. The number of carbonyl (C=O) groups is 3. The van der Waals surface area contributed by atoms with E-state index in [2.05, 4.69) is 10.2 Å². The van der Waals surface area contributed by atoms with E-state index in [0.29, 0.717) is 30.2 Å². The Bertz CT molecular complexity index is 985. The third-order valence-corrected chi connectivity index (χ3v) is 4.59. The van der Waals surface area contributed by atoms with Crippen molar-refractivity contribution in [1.29, 1.82) is 0 Å². The number of benzene rings is 2. The number of nitrogens with one attached hydrogen (secondary N) is 1. The lowest BCUT2D eigenvalue weighted by Gasteiger charge is -2.19. The largest absolute Gasteiger partial charge is 0.493 e. The van der Waals surface area contributed by atoms with Gasteiger partial charge in [0.1, 0.15) is 0 Å². The fourth-order valence-corrected chi connectivity index (χ4v) is 2.89. The molecule has 0 fully saturated rings. The van der Waals surface area contributed by atoms with Gasteiger partial charge in [0.15, 0.2) is 18.1 Å². The molecule has 2 rings (SSSR count). The topological polar surface area (TPSA) is 120 Å². The molecule has 0 aliphatic heterocycles. The number of rotatable bonds is 10. The Morgan fingerprint density at radius 1 is 1.06 bits per heavy atom. The van der Waals surface area contributed by atoms with Crippen LogP contribution in [0.5, 0.6) is 11.5 Å². The smallest absolute Gasteiger partial charge is 0.358 e. The van der Waals surface area contributed by atoms with Crippen LogP contribution < -0.4 is 20.7 Å². The van der Waals surface area contributed by atoms with Crippen LogP contribution in [0.1, 0.15) is 29.8 Å². The molecular formula is C23H27N3O6. The first-order valence-corrected chi connectivity index (χ1v) is 10.0. The van der Waals surface area contributed by atoms with Gasteiger partial charge >= 0.3 is 5.97 Å². The van der Waals surface area contributed by atoms with Gasteiger partial charge in [-0.3, -0.25) is 9.59 Å². The fraction of sp³-hybridized carbons (Fsp3) is 0.261. The zero-order valence-corrected chi connectivity index (χ0v) is 18.3. The lowest BCUT2D eigenvalue weighted by molar-refractivity contribution is -0.133. The molecule has 0 unspecified atom stereocenters. The summed E-state index contributed by atoms with van der Waals surface area (Å²) in [5.74, 6) is 4.45. The Morgan fingerprint density at radius 3 is 2.44 bits per heavy atom. The summed E-state index contributed by atoms with van der Waals surface area (Å²) in [6.45, 7) is 4.93. The molecular weight excluding hydrogens is 414 g/mol. The molecule has 0 saturated heterocycles. The molecule has 9 nitrogen and oxygen atoms in total. The fourth-order valence-electron chi connectivity index (χ4n) is 2.89. The Balaban J connectivity index is 2.06. The average Bonchev–Trinajstić information content (AvgIpc) is 2.82. The number of amides is 2. The first-order valence-electron chi connectivity index (χ1n) is 10.0. The van der Waals surface area contributed by atoms with Crippen molar-refractivity contribution in [3.63, 3.8) is 0 Å². The molecule has 2 aromatic rings. The first kappa shape index (κ1) is 24.4. The first-order chi connectivity index (χ1) is 15.4. The maximum absolute atomic E-state index is 12.3. The number of hydrogen-bond donors (Lipinski definition) is 2. The second kappa shape index (κ2) is 12.1. The predicted molar refractivity (Wildman–Crippen MR) is 120 cm³/mol. The molecule has 9 heteroatoms. The van der Waals surface area contributed by atoms with Crippen molar-refractivity contribution in [2.45, 2.75) is 13.8 Å². The highest BCUT2D eigenvalue weighted by Gasteiger charge is 2.14. The second-order valence-corrected chi connectivity index (χ2v) is 6.54. The summed E-state index contributed by atoms with van der Waals surface area (Å²) < 4.78 is 10.9. The molecule has 0 atom stereocenters. The monoisotopic (exact) mass is 441 g/mol. The quantitative estimate of drug-likeness (QED) is 0.429. The molecule has 0 aliphatic carbocycles. The molecule has 2 aromatic carbocycles. The molecule has 32 heavy (non-hydrogen) atoms. The van der Waals surface area contributed by atoms with Crippen LogP contribution in [0.25, 0.3) is 6.08 Å². The third-order valence-electron chi connectivity index (χ3n) is 4.59. The number of carbonyl (C=O) groups excluding carboxylic acids is 3. The van der Waals surface area contributed by atoms with Crippen LogP contribution in [0.4, 0.5) is 5.69 Å². The maximum atomic E-state index is 12.3. The molecule has 0 bridgehead atoms. The molecule has 3 N–H and O–H groups in total. The van der Waals surface area contributed by atoms with E-state index >= 15 is 0 Å². The molecule has 170 valence electrons. The number of hydrogen-bond acceptors (Lipinski definition) is 7. The summed E-state index contributed by atoms with van der Waals surface area (Å²) in [6.07, 6.45) is 2.89. The number of methoxy groups -OCH3 is 1. The molecule has 0 aliphatic rings. The van der Waals surface area contributed by atoms with E-state index in [0.717, 1.165) is 0 Å². The van der Waals surface area contributed by atoms with Crippen molar-refractivity contribution in [2.24, 2.45) is 5.90 Å². The minimum Gasteiger partial charge on any atom is -0.493 e. The summed E-state index contributed by atoms with van der Waals surface area (Å²) in [5.41, 5.74) is 1.09. The molecule has 0 spiro atoms. The number of nitrogens with zero attached hydrogens (tertiary/aromatic N) is 1. The Kier molecular flexibility index (Phi) is 9.24. The molecule has 0 heterocycles. The zero-order valence-electron chi connectivity index (χ0n) is 18.3. The average molecular weight is 441 g/mol. The van der Waals surface area contributed by atoms with Gasteiger partial charge in [-0.05, 0) is 49.8 Å². The number of para-hydroxylation sites is 1. The maximum Gasteiger partial charge on any atom is 0.358 e. The molecule has 0 aromatic heterocycles. The van der Waals surface area contributed by atoms with Gasteiger partial charge in [-0.2, -0.15) is 5.90 Å². The normalized spacial score (nSPS) is 10.5. The van der Waals surface area contributed by atoms with Crippen molar-refractivity contribution in [3.05, 3.63) is 59.7 Å². The third kappa shape index (κ3) is 6.58. The van der Waals surface area contributed by atoms with Crippen molar-refractivity contribution in [1.82, 2.24) is 4.90 Å². The summed E-state index contributed by atoms with van der Waals surface area (Å²) in [6, 6.07) is 11.4. The van der Waals surface area contributed by atoms with Gasteiger partial charge in [-0.1, -0.05) is 18.2 Å². The van der Waals surface area contributed by atoms with Crippen molar-refractivity contribution < 1.29 is 28.7 Å². The van der Waals surface area contributed by atoms with Gasteiger partial charge in [0.25, 0.3) is 5.91 Å². The van der Waals surface area contributed by atoms with Gasteiger partial charge in [0.05, 0.1) is 18.4 Å². The summed E-state index contributed by atoms with van der Waals surface area (Å²) >= 11 is 0. The highest BCUT2D eigenvalue weighted by Crippen LogP contribution is 2.28. The van der Waals surface area contributed by atoms with Crippen LogP contribution in [0.2, 0.25) is 0 Å². The van der Waals surface area contributed by atoms with Gasteiger partial charge < -0.3 is 24.5 Å². The van der Waals surface area contributed by atoms with Crippen LogP contribution in [0, 0.1) is 0 Å². The lowest BCUT2D eigenvalue weighted by Crippen LogP contribution is -2.34. The van der Waals surface area contributed by atoms with Gasteiger partial charge in [0.2, 0.25) is 5.91 Å². The SMILES string of the molecule is CCN(CC)C(=O)COc1ccc(/C=C/C(=O)Nc2ccccc2C(=O)ON)cc1OC. The van der Waals surface area contributed by atoms with Crippen LogP contribution in [-0.4, -0.2) is 49.5 Å². The number of ether oxygens (including phenoxy) is 2. The summed E-state index contributed by atoms with van der Waals surface area (Å²) in [4.78, 5) is 42.0.